The van der Waals surface area contributed by atoms with E-state index in [1.807, 2.05) is 13.8 Å². The summed E-state index contributed by atoms with van der Waals surface area (Å²) in [6, 6.07) is 14.0. The average Bonchev–Trinajstić information content (AvgIpc) is 3.10. The zero-order valence-corrected chi connectivity index (χ0v) is 20.7. The molecule has 0 spiro atoms. The molecular formula is C27H22Cl2FNO4. The summed E-state index contributed by atoms with van der Waals surface area (Å²) in [6.07, 6.45) is 0. The Labute approximate surface area is 212 Å². The molecule has 1 saturated heterocycles. The second-order valence-corrected chi connectivity index (χ2v) is 9.24. The van der Waals surface area contributed by atoms with Gasteiger partial charge in [-0.3, -0.25) is 14.5 Å². The largest absolute Gasteiger partial charge is 0.507 e. The van der Waals surface area contributed by atoms with Crippen LogP contribution in [0.3, 0.4) is 0 Å². The fraction of sp³-hybridized carbons (Fsp3) is 0.185. The van der Waals surface area contributed by atoms with Gasteiger partial charge in [0.15, 0.2) is 0 Å². The quantitative estimate of drug-likeness (QED) is 0.229. The number of methoxy groups -OCH3 is 1. The van der Waals surface area contributed by atoms with Gasteiger partial charge in [0, 0.05) is 11.3 Å². The molecule has 1 atom stereocenters. The van der Waals surface area contributed by atoms with Crippen LogP contribution in [0.25, 0.3) is 5.76 Å². The first-order chi connectivity index (χ1) is 16.6. The van der Waals surface area contributed by atoms with Crippen LogP contribution in [0.1, 0.15) is 42.5 Å². The number of ether oxygens (including phenoxy) is 1. The number of carbonyl (C=O) groups excluding carboxylic acids is 2. The molecule has 4 rings (SSSR count). The maximum atomic E-state index is 13.7. The van der Waals surface area contributed by atoms with Crippen LogP contribution in [-0.2, 0) is 9.59 Å². The third-order valence-corrected chi connectivity index (χ3v) is 6.68. The molecule has 35 heavy (non-hydrogen) atoms. The first-order valence-corrected chi connectivity index (χ1v) is 11.6. The van der Waals surface area contributed by atoms with Crippen molar-refractivity contribution >= 4 is 46.3 Å². The second-order valence-electron chi connectivity index (χ2n) is 8.43. The summed E-state index contributed by atoms with van der Waals surface area (Å²) in [5.41, 5.74) is 1.82. The minimum Gasteiger partial charge on any atom is -0.507 e. The van der Waals surface area contributed by atoms with Crippen LogP contribution in [0.15, 0.2) is 66.2 Å². The molecular weight excluding hydrogens is 492 g/mol. The van der Waals surface area contributed by atoms with Crippen molar-refractivity contribution in [2.75, 3.05) is 12.0 Å². The molecule has 1 aliphatic rings. The highest BCUT2D eigenvalue weighted by molar-refractivity contribution is 6.52. The molecule has 1 N–H and O–H groups in total. The van der Waals surface area contributed by atoms with E-state index in [9.17, 15) is 19.1 Å². The molecule has 0 aliphatic carbocycles. The fourth-order valence-electron chi connectivity index (χ4n) is 4.18. The molecule has 8 heteroatoms. The van der Waals surface area contributed by atoms with Crippen molar-refractivity contribution in [3.63, 3.8) is 0 Å². The van der Waals surface area contributed by atoms with E-state index in [1.165, 1.54) is 41.3 Å². The van der Waals surface area contributed by atoms with Gasteiger partial charge in [-0.05, 0) is 65.6 Å². The van der Waals surface area contributed by atoms with Crippen molar-refractivity contribution in [2.45, 2.75) is 25.8 Å². The number of aliphatic hydroxyl groups is 1. The van der Waals surface area contributed by atoms with E-state index in [2.05, 4.69) is 0 Å². The maximum absolute atomic E-state index is 13.7. The third kappa shape index (κ3) is 4.51. The number of nitrogens with zero attached hydrogens (tertiary/aromatic N) is 1. The van der Waals surface area contributed by atoms with Gasteiger partial charge in [-0.2, -0.15) is 0 Å². The van der Waals surface area contributed by atoms with Gasteiger partial charge < -0.3 is 9.84 Å². The van der Waals surface area contributed by atoms with Crippen molar-refractivity contribution in [1.29, 1.82) is 0 Å². The predicted molar refractivity (Wildman–Crippen MR) is 135 cm³/mol. The standard InChI is InChI=1S/C27H22Cl2FNO4/c1-14(2)19-12-16(6-11-22(19)35-3)25(32)23-24(15-4-7-17(30)8-5-15)31(27(34)26(23)33)18-9-10-20(28)21(29)13-18/h4-14,24,32H,1-3H3/b25-23-. The highest BCUT2D eigenvalue weighted by Gasteiger charge is 2.47. The first kappa shape index (κ1) is 24.8. The van der Waals surface area contributed by atoms with E-state index >= 15 is 0 Å². The normalized spacial score (nSPS) is 17.3. The van der Waals surface area contributed by atoms with Crippen LogP contribution < -0.4 is 9.64 Å². The van der Waals surface area contributed by atoms with Crippen LogP contribution in [0.4, 0.5) is 10.1 Å². The Hall–Kier alpha value is -3.35. The fourth-order valence-corrected chi connectivity index (χ4v) is 4.47. The molecule has 0 saturated carbocycles. The van der Waals surface area contributed by atoms with Gasteiger partial charge in [-0.15, -0.1) is 0 Å². The maximum Gasteiger partial charge on any atom is 0.300 e. The monoisotopic (exact) mass is 513 g/mol. The molecule has 3 aromatic carbocycles. The van der Waals surface area contributed by atoms with Gasteiger partial charge in [0.05, 0.1) is 28.8 Å². The molecule has 0 radical (unpaired) electrons. The molecule has 1 heterocycles. The molecule has 5 nitrogen and oxygen atoms in total. The van der Waals surface area contributed by atoms with Crippen LogP contribution in [-0.4, -0.2) is 23.9 Å². The molecule has 1 aliphatic heterocycles. The van der Waals surface area contributed by atoms with E-state index < -0.39 is 23.5 Å². The summed E-state index contributed by atoms with van der Waals surface area (Å²) < 4.78 is 19.1. The summed E-state index contributed by atoms with van der Waals surface area (Å²) in [7, 11) is 1.55. The van der Waals surface area contributed by atoms with E-state index in [1.54, 1.807) is 31.4 Å². The Balaban J connectivity index is 1.95. The number of ketones is 1. The molecule has 3 aromatic rings. The van der Waals surface area contributed by atoms with Gasteiger partial charge in [0.25, 0.3) is 11.7 Å². The van der Waals surface area contributed by atoms with Crippen LogP contribution in [0.5, 0.6) is 5.75 Å². The molecule has 0 bridgehead atoms. The lowest BCUT2D eigenvalue weighted by Gasteiger charge is -2.26. The number of rotatable bonds is 5. The molecule has 0 aromatic heterocycles. The molecule has 1 amide bonds. The zero-order valence-electron chi connectivity index (χ0n) is 19.2. The van der Waals surface area contributed by atoms with E-state index in [0.717, 1.165) is 5.56 Å². The van der Waals surface area contributed by atoms with E-state index in [4.69, 9.17) is 27.9 Å². The number of carbonyl (C=O) groups is 2. The van der Waals surface area contributed by atoms with Crippen LogP contribution >= 0.6 is 23.2 Å². The summed E-state index contributed by atoms with van der Waals surface area (Å²) in [6.45, 7) is 3.95. The number of benzene rings is 3. The van der Waals surface area contributed by atoms with Crippen molar-refractivity contribution in [2.24, 2.45) is 0 Å². The topological polar surface area (TPSA) is 66.8 Å². The van der Waals surface area contributed by atoms with Gasteiger partial charge in [0.2, 0.25) is 0 Å². The lowest BCUT2D eigenvalue weighted by Crippen LogP contribution is -2.29. The number of hydrogen-bond donors (Lipinski definition) is 1. The Kier molecular flexibility index (Phi) is 6.88. The van der Waals surface area contributed by atoms with Crippen molar-refractivity contribution in [3.8, 4) is 5.75 Å². The SMILES string of the molecule is COc1ccc(/C(O)=C2/C(=O)C(=O)N(c3ccc(Cl)c(Cl)c3)C2c2ccc(F)cc2)cc1C(C)C. The average molecular weight is 514 g/mol. The molecule has 180 valence electrons. The smallest absolute Gasteiger partial charge is 0.300 e. The Morgan fingerprint density at radius 3 is 2.29 bits per heavy atom. The van der Waals surface area contributed by atoms with Gasteiger partial charge in [0.1, 0.15) is 17.3 Å². The lowest BCUT2D eigenvalue weighted by molar-refractivity contribution is -0.132. The van der Waals surface area contributed by atoms with Crippen LogP contribution in [0.2, 0.25) is 10.0 Å². The number of halogens is 3. The molecule has 1 fully saturated rings. The predicted octanol–water partition coefficient (Wildman–Crippen LogP) is 6.89. The minimum atomic E-state index is -1.02. The van der Waals surface area contributed by atoms with Crippen molar-refractivity contribution in [3.05, 3.63) is 98.8 Å². The number of aliphatic hydroxyl groups excluding tert-OH is 1. The van der Waals surface area contributed by atoms with E-state index in [-0.39, 0.29) is 27.3 Å². The van der Waals surface area contributed by atoms with Gasteiger partial charge in [-0.1, -0.05) is 49.2 Å². The molecule has 1 unspecified atom stereocenters. The zero-order chi connectivity index (χ0) is 25.4. The number of hydrogen-bond acceptors (Lipinski definition) is 4. The highest BCUT2D eigenvalue weighted by atomic mass is 35.5. The van der Waals surface area contributed by atoms with Gasteiger partial charge >= 0.3 is 0 Å². The second kappa shape index (κ2) is 9.72. The third-order valence-electron chi connectivity index (χ3n) is 5.94. The minimum absolute atomic E-state index is 0.0733. The lowest BCUT2D eigenvalue weighted by atomic mass is 9.93. The van der Waals surface area contributed by atoms with Crippen molar-refractivity contribution < 1.29 is 23.8 Å². The van der Waals surface area contributed by atoms with Crippen LogP contribution in [0, 0.1) is 5.82 Å². The van der Waals surface area contributed by atoms with Gasteiger partial charge in [-0.25, -0.2) is 4.39 Å². The summed E-state index contributed by atoms with van der Waals surface area (Å²) in [4.78, 5) is 27.7. The number of anilines is 1. The summed E-state index contributed by atoms with van der Waals surface area (Å²) in [5, 5.41) is 11.8. The summed E-state index contributed by atoms with van der Waals surface area (Å²) in [5.74, 6) is -1.82. The van der Waals surface area contributed by atoms with E-state index in [0.29, 0.717) is 22.6 Å². The van der Waals surface area contributed by atoms with Crippen molar-refractivity contribution in [1.82, 2.24) is 0 Å². The Morgan fingerprint density at radius 1 is 1.00 bits per heavy atom. The number of amides is 1. The summed E-state index contributed by atoms with van der Waals surface area (Å²) >= 11 is 12.2. The Bertz CT molecular complexity index is 1350. The highest BCUT2D eigenvalue weighted by Crippen LogP contribution is 2.43. The Morgan fingerprint density at radius 2 is 1.69 bits per heavy atom. The first-order valence-electron chi connectivity index (χ1n) is 10.8. The number of Topliss-reactive ketones (excluding diaryl/α,β-unsaturated/α-hetero) is 1.